The van der Waals surface area contributed by atoms with Gasteiger partial charge in [0.15, 0.2) is 0 Å². The normalized spacial score (nSPS) is 23.1. The van der Waals surface area contributed by atoms with E-state index in [1.165, 1.54) is 37.1 Å². The van der Waals surface area contributed by atoms with E-state index in [1.807, 2.05) is 0 Å². The summed E-state index contributed by atoms with van der Waals surface area (Å²) in [4.78, 5) is 2.62. The zero-order chi connectivity index (χ0) is 16.8. The molecule has 0 radical (unpaired) electrons. The summed E-state index contributed by atoms with van der Waals surface area (Å²) >= 11 is 0. The Bertz CT molecular complexity index is 596. The number of nitrogens with zero attached hydrogens (tertiary/aromatic N) is 1. The second-order valence-electron chi connectivity index (χ2n) is 7.08. The zero-order valence-corrected chi connectivity index (χ0v) is 15.0. The third-order valence-corrected chi connectivity index (χ3v) is 5.36. The molecule has 0 aliphatic carbocycles. The van der Waals surface area contributed by atoms with Gasteiger partial charge in [-0.3, -0.25) is 4.90 Å². The molecule has 1 aliphatic heterocycles. The number of hydrogen-bond donors (Lipinski definition) is 1. The molecule has 0 spiro atoms. The number of likely N-dealkylation sites (tertiary alicyclic amines) is 1. The summed E-state index contributed by atoms with van der Waals surface area (Å²) in [5.41, 5.74) is 2.82. The van der Waals surface area contributed by atoms with E-state index in [-0.39, 0.29) is 0 Å². The van der Waals surface area contributed by atoms with Gasteiger partial charge in [0.05, 0.1) is 0 Å². The highest BCUT2D eigenvalue weighted by Gasteiger charge is 2.28. The number of piperidine rings is 1. The summed E-state index contributed by atoms with van der Waals surface area (Å²) in [6.07, 6.45) is 2.48. The standard InChI is InChI=1S/C22H30N2/c1-3-20-17-24(16-19-10-6-4-7-11-19)15-14-22(20)23-18(2)21-12-8-5-9-13-21/h4-13,18,20,22-23H,3,14-17H2,1-2H3/t18-,20?,22?/m0/s1. The largest absolute Gasteiger partial charge is 0.307 e. The molecule has 2 unspecified atom stereocenters. The first-order chi connectivity index (χ1) is 11.8. The minimum Gasteiger partial charge on any atom is -0.307 e. The Morgan fingerprint density at radius 1 is 1.04 bits per heavy atom. The van der Waals surface area contributed by atoms with Crippen molar-refractivity contribution in [1.29, 1.82) is 0 Å². The molecule has 128 valence electrons. The van der Waals surface area contributed by atoms with Crippen molar-refractivity contribution in [2.24, 2.45) is 5.92 Å². The monoisotopic (exact) mass is 322 g/mol. The maximum absolute atomic E-state index is 3.89. The Labute approximate surface area is 146 Å². The topological polar surface area (TPSA) is 15.3 Å². The van der Waals surface area contributed by atoms with E-state index in [0.29, 0.717) is 12.1 Å². The Morgan fingerprint density at radius 2 is 1.71 bits per heavy atom. The van der Waals surface area contributed by atoms with Crippen LogP contribution >= 0.6 is 0 Å². The summed E-state index contributed by atoms with van der Waals surface area (Å²) < 4.78 is 0. The number of rotatable bonds is 6. The summed E-state index contributed by atoms with van der Waals surface area (Å²) in [6.45, 7) is 8.09. The van der Waals surface area contributed by atoms with Crippen LogP contribution < -0.4 is 5.32 Å². The Morgan fingerprint density at radius 3 is 2.38 bits per heavy atom. The fourth-order valence-electron chi connectivity index (χ4n) is 3.88. The SMILES string of the molecule is CCC1CN(Cc2ccccc2)CCC1N[C@@H](C)c1ccccc1. The maximum atomic E-state index is 3.89. The van der Waals surface area contributed by atoms with Crippen LogP contribution in [0.3, 0.4) is 0 Å². The number of nitrogens with one attached hydrogen (secondary N) is 1. The maximum Gasteiger partial charge on any atom is 0.0294 e. The summed E-state index contributed by atoms with van der Waals surface area (Å²) in [7, 11) is 0. The van der Waals surface area contributed by atoms with Gasteiger partial charge in [0.2, 0.25) is 0 Å². The van der Waals surface area contributed by atoms with E-state index in [9.17, 15) is 0 Å². The zero-order valence-electron chi connectivity index (χ0n) is 15.0. The van der Waals surface area contributed by atoms with Crippen molar-refractivity contribution in [3.8, 4) is 0 Å². The lowest BCUT2D eigenvalue weighted by Crippen LogP contribution is -2.49. The molecular formula is C22H30N2. The fourth-order valence-corrected chi connectivity index (χ4v) is 3.88. The first-order valence-electron chi connectivity index (χ1n) is 9.33. The Kier molecular flexibility index (Phi) is 6.06. The van der Waals surface area contributed by atoms with Crippen LogP contribution in [0.2, 0.25) is 0 Å². The lowest BCUT2D eigenvalue weighted by Gasteiger charge is -2.40. The van der Waals surface area contributed by atoms with E-state index < -0.39 is 0 Å². The first-order valence-corrected chi connectivity index (χ1v) is 9.33. The van der Waals surface area contributed by atoms with Crippen LogP contribution in [0.15, 0.2) is 60.7 Å². The van der Waals surface area contributed by atoms with Crippen molar-refractivity contribution < 1.29 is 0 Å². The molecule has 2 aromatic rings. The van der Waals surface area contributed by atoms with E-state index >= 15 is 0 Å². The second-order valence-corrected chi connectivity index (χ2v) is 7.08. The summed E-state index contributed by atoms with van der Waals surface area (Å²) in [5.74, 6) is 0.730. The van der Waals surface area contributed by atoms with Crippen LogP contribution in [0.1, 0.15) is 43.9 Å². The molecule has 3 rings (SSSR count). The predicted molar refractivity (Wildman–Crippen MR) is 102 cm³/mol. The molecule has 3 atom stereocenters. The Balaban J connectivity index is 1.57. The van der Waals surface area contributed by atoms with Crippen LogP contribution in [-0.4, -0.2) is 24.0 Å². The van der Waals surface area contributed by atoms with Crippen LogP contribution in [0.25, 0.3) is 0 Å². The molecule has 1 aliphatic rings. The third kappa shape index (κ3) is 4.46. The molecule has 0 saturated carbocycles. The Hall–Kier alpha value is -1.64. The highest BCUT2D eigenvalue weighted by molar-refractivity contribution is 5.18. The highest BCUT2D eigenvalue weighted by Crippen LogP contribution is 2.24. The first kappa shape index (κ1) is 17.2. The van der Waals surface area contributed by atoms with Crippen molar-refractivity contribution >= 4 is 0 Å². The quantitative estimate of drug-likeness (QED) is 0.833. The molecule has 2 aromatic carbocycles. The van der Waals surface area contributed by atoms with Gasteiger partial charge in [-0.15, -0.1) is 0 Å². The molecule has 1 saturated heterocycles. The van der Waals surface area contributed by atoms with Gasteiger partial charge in [0.1, 0.15) is 0 Å². The molecule has 0 amide bonds. The smallest absolute Gasteiger partial charge is 0.0294 e. The lowest BCUT2D eigenvalue weighted by atomic mass is 9.88. The van der Waals surface area contributed by atoms with Crippen LogP contribution in [-0.2, 0) is 6.54 Å². The van der Waals surface area contributed by atoms with Gasteiger partial charge in [-0.1, -0.05) is 74.0 Å². The minimum absolute atomic E-state index is 0.422. The van der Waals surface area contributed by atoms with Gasteiger partial charge in [0, 0.05) is 25.2 Å². The molecular weight excluding hydrogens is 292 g/mol. The molecule has 2 heteroatoms. The molecule has 0 aromatic heterocycles. The van der Waals surface area contributed by atoms with Crippen molar-refractivity contribution in [1.82, 2.24) is 10.2 Å². The molecule has 1 heterocycles. The average molecular weight is 322 g/mol. The predicted octanol–water partition coefficient (Wildman–Crippen LogP) is 4.64. The van der Waals surface area contributed by atoms with Crippen LogP contribution in [0.5, 0.6) is 0 Å². The summed E-state index contributed by atoms with van der Waals surface area (Å²) in [5, 5.41) is 3.89. The number of hydrogen-bond acceptors (Lipinski definition) is 2. The highest BCUT2D eigenvalue weighted by atomic mass is 15.1. The summed E-state index contributed by atoms with van der Waals surface area (Å²) in [6, 6.07) is 22.7. The van der Waals surface area contributed by atoms with Gasteiger partial charge < -0.3 is 5.32 Å². The van der Waals surface area contributed by atoms with E-state index in [4.69, 9.17) is 0 Å². The van der Waals surface area contributed by atoms with Crippen molar-refractivity contribution in [2.75, 3.05) is 13.1 Å². The molecule has 1 fully saturated rings. The minimum atomic E-state index is 0.422. The lowest BCUT2D eigenvalue weighted by molar-refractivity contribution is 0.123. The van der Waals surface area contributed by atoms with Gasteiger partial charge in [-0.05, 0) is 36.9 Å². The average Bonchev–Trinajstić information content (AvgIpc) is 2.64. The van der Waals surface area contributed by atoms with Crippen LogP contribution in [0.4, 0.5) is 0 Å². The van der Waals surface area contributed by atoms with Gasteiger partial charge >= 0.3 is 0 Å². The van der Waals surface area contributed by atoms with E-state index in [0.717, 1.165) is 12.5 Å². The fraction of sp³-hybridized carbons (Fsp3) is 0.455. The second kappa shape index (κ2) is 8.46. The van der Waals surface area contributed by atoms with Crippen molar-refractivity contribution in [3.63, 3.8) is 0 Å². The van der Waals surface area contributed by atoms with Crippen LogP contribution in [0, 0.1) is 5.92 Å². The van der Waals surface area contributed by atoms with Gasteiger partial charge in [-0.2, -0.15) is 0 Å². The van der Waals surface area contributed by atoms with E-state index in [2.05, 4.69) is 84.7 Å². The van der Waals surface area contributed by atoms with Gasteiger partial charge in [0.25, 0.3) is 0 Å². The number of benzene rings is 2. The van der Waals surface area contributed by atoms with Crippen molar-refractivity contribution in [3.05, 3.63) is 71.8 Å². The molecule has 2 nitrogen and oxygen atoms in total. The van der Waals surface area contributed by atoms with Gasteiger partial charge in [-0.25, -0.2) is 0 Å². The van der Waals surface area contributed by atoms with E-state index in [1.54, 1.807) is 0 Å². The molecule has 1 N–H and O–H groups in total. The molecule has 24 heavy (non-hydrogen) atoms. The van der Waals surface area contributed by atoms with Crippen molar-refractivity contribution in [2.45, 2.75) is 45.3 Å². The molecule has 0 bridgehead atoms. The third-order valence-electron chi connectivity index (χ3n) is 5.36.